The summed E-state index contributed by atoms with van der Waals surface area (Å²) in [5, 5.41) is 2.98. The predicted molar refractivity (Wildman–Crippen MR) is 114 cm³/mol. The number of carbonyl (C=O) groups excluding carboxylic acids is 3. The van der Waals surface area contributed by atoms with Crippen LogP contribution in [0.5, 0.6) is 17.2 Å². The molecule has 31 heavy (non-hydrogen) atoms. The van der Waals surface area contributed by atoms with Crippen molar-refractivity contribution in [1.29, 1.82) is 0 Å². The van der Waals surface area contributed by atoms with Crippen LogP contribution in [0.2, 0.25) is 5.02 Å². The molecule has 0 saturated carbocycles. The van der Waals surface area contributed by atoms with Gasteiger partial charge in [-0.05, 0) is 24.7 Å². The number of ketones is 2. The Bertz CT molecular complexity index is 1030. The molecule has 1 aromatic rings. The summed E-state index contributed by atoms with van der Waals surface area (Å²) >= 11 is 6.46. The van der Waals surface area contributed by atoms with Crippen LogP contribution in [0.15, 0.2) is 17.3 Å². The molecule has 1 N–H and O–H groups in total. The molecule has 0 radical (unpaired) electrons. The summed E-state index contributed by atoms with van der Waals surface area (Å²) in [6.07, 6.45) is 1.23. The summed E-state index contributed by atoms with van der Waals surface area (Å²) in [6.45, 7) is 5.87. The fourth-order valence-corrected chi connectivity index (χ4v) is 5.33. The van der Waals surface area contributed by atoms with Crippen LogP contribution >= 0.6 is 11.6 Å². The van der Waals surface area contributed by atoms with Crippen molar-refractivity contribution in [2.45, 2.75) is 45.6 Å². The molecule has 1 aromatic carbocycles. The number of methoxy groups -OCH3 is 2. The lowest BCUT2D eigenvalue weighted by Crippen LogP contribution is -2.59. The SMILES string of the molecule is COc1cc(OC)c2c(c1Cl)O[C@@]1(C(=O)C3=C(C[C@H]1C)NC(=O)C[C@@H]3CC(C)C)C2=O. The van der Waals surface area contributed by atoms with Crippen molar-refractivity contribution in [2.24, 2.45) is 17.8 Å². The van der Waals surface area contributed by atoms with Crippen molar-refractivity contribution in [2.75, 3.05) is 14.2 Å². The van der Waals surface area contributed by atoms with E-state index in [-0.39, 0.29) is 46.2 Å². The second-order valence-electron chi connectivity index (χ2n) is 8.87. The zero-order valence-electron chi connectivity index (χ0n) is 18.3. The van der Waals surface area contributed by atoms with E-state index in [1.807, 2.05) is 13.8 Å². The topological polar surface area (TPSA) is 90.9 Å². The number of fused-ring (bicyclic) bond motifs is 1. The van der Waals surface area contributed by atoms with Gasteiger partial charge in [-0.2, -0.15) is 0 Å². The maximum Gasteiger partial charge on any atom is 0.236 e. The number of nitrogens with one attached hydrogen (secondary N) is 1. The number of halogens is 1. The highest BCUT2D eigenvalue weighted by Crippen LogP contribution is 2.54. The molecule has 166 valence electrons. The number of allylic oxidation sites excluding steroid dienone is 1. The first-order valence-electron chi connectivity index (χ1n) is 10.4. The first-order chi connectivity index (χ1) is 14.6. The molecular weight excluding hydrogens is 422 g/mol. The van der Waals surface area contributed by atoms with Crippen molar-refractivity contribution in [1.82, 2.24) is 5.32 Å². The van der Waals surface area contributed by atoms with E-state index in [1.165, 1.54) is 20.3 Å². The number of hydrogen-bond donors (Lipinski definition) is 1. The minimum atomic E-state index is -1.73. The van der Waals surface area contributed by atoms with Crippen LogP contribution in [0, 0.1) is 17.8 Å². The van der Waals surface area contributed by atoms with Gasteiger partial charge in [0.2, 0.25) is 23.1 Å². The van der Waals surface area contributed by atoms with E-state index in [0.29, 0.717) is 29.9 Å². The molecule has 0 bridgehead atoms. The zero-order chi connectivity index (χ0) is 22.7. The minimum absolute atomic E-state index is 0.100. The Kier molecular flexibility index (Phi) is 5.28. The van der Waals surface area contributed by atoms with Crippen molar-refractivity contribution < 1.29 is 28.6 Å². The summed E-state index contributed by atoms with van der Waals surface area (Å²) in [5.74, 6) is -0.809. The van der Waals surface area contributed by atoms with Crippen molar-refractivity contribution in [3.05, 3.63) is 27.9 Å². The average molecular weight is 448 g/mol. The maximum absolute atomic E-state index is 14.0. The summed E-state index contributed by atoms with van der Waals surface area (Å²) in [6, 6.07) is 1.52. The number of Topliss-reactive ketones (excluding diaryl/α,β-unsaturated/α-hetero) is 2. The fraction of sp³-hybridized carbons (Fsp3) is 0.522. The number of benzene rings is 1. The van der Waals surface area contributed by atoms with E-state index >= 15 is 0 Å². The monoisotopic (exact) mass is 447 g/mol. The second-order valence-corrected chi connectivity index (χ2v) is 9.25. The Morgan fingerprint density at radius 2 is 1.84 bits per heavy atom. The standard InChI is InChI=1S/C23H26ClNO6/c1-10(2)6-12-8-16(26)25-13-7-11(3)23(21(27)17(12)13)22(28)18-14(29-4)9-15(30-5)19(24)20(18)31-23/h9-12H,6-8H2,1-5H3,(H,25,26)/t11-,12+,23+/m1/s1. The van der Waals surface area contributed by atoms with Crippen LogP contribution in [-0.4, -0.2) is 37.3 Å². The van der Waals surface area contributed by atoms with Gasteiger partial charge >= 0.3 is 0 Å². The molecule has 7 nitrogen and oxygen atoms in total. The molecule has 1 aliphatic carbocycles. The summed E-state index contributed by atoms with van der Waals surface area (Å²) < 4.78 is 16.9. The number of ether oxygens (including phenoxy) is 3. The van der Waals surface area contributed by atoms with Crippen molar-refractivity contribution >= 4 is 29.1 Å². The van der Waals surface area contributed by atoms with Crippen LogP contribution < -0.4 is 19.5 Å². The third-order valence-corrected chi connectivity index (χ3v) is 6.77. The molecule has 2 aliphatic heterocycles. The zero-order valence-corrected chi connectivity index (χ0v) is 19.0. The average Bonchev–Trinajstić information content (AvgIpc) is 3.01. The van der Waals surface area contributed by atoms with Gasteiger partial charge in [0.05, 0.1) is 14.2 Å². The number of rotatable bonds is 4. The minimum Gasteiger partial charge on any atom is -0.496 e. The van der Waals surface area contributed by atoms with Crippen LogP contribution in [0.4, 0.5) is 0 Å². The van der Waals surface area contributed by atoms with Crippen molar-refractivity contribution in [3.8, 4) is 17.2 Å². The fourth-order valence-electron chi connectivity index (χ4n) is 5.06. The Morgan fingerprint density at radius 1 is 1.16 bits per heavy atom. The summed E-state index contributed by atoms with van der Waals surface area (Å²) in [4.78, 5) is 40.0. The van der Waals surface area contributed by atoms with Gasteiger partial charge in [0.25, 0.3) is 0 Å². The molecule has 4 rings (SSSR count). The quantitative estimate of drug-likeness (QED) is 0.707. The number of carbonyl (C=O) groups is 3. The molecule has 3 aliphatic rings. The molecule has 1 amide bonds. The molecule has 3 atom stereocenters. The molecular formula is C23H26ClNO6. The Labute approximate surface area is 186 Å². The molecule has 0 aromatic heterocycles. The third kappa shape index (κ3) is 3.04. The van der Waals surface area contributed by atoms with Gasteiger partial charge < -0.3 is 19.5 Å². The maximum atomic E-state index is 14.0. The van der Waals surface area contributed by atoms with Crippen LogP contribution in [0.25, 0.3) is 0 Å². The van der Waals surface area contributed by atoms with Gasteiger partial charge in [-0.1, -0.05) is 32.4 Å². The van der Waals surface area contributed by atoms with Gasteiger partial charge in [-0.15, -0.1) is 0 Å². The van der Waals surface area contributed by atoms with E-state index in [1.54, 1.807) is 6.92 Å². The van der Waals surface area contributed by atoms with E-state index < -0.39 is 23.1 Å². The van der Waals surface area contributed by atoms with E-state index in [2.05, 4.69) is 5.32 Å². The highest BCUT2D eigenvalue weighted by Gasteiger charge is 2.63. The van der Waals surface area contributed by atoms with Gasteiger partial charge in [0.1, 0.15) is 22.1 Å². The summed E-state index contributed by atoms with van der Waals surface area (Å²) in [7, 11) is 2.88. The smallest absolute Gasteiger partial charge is 0.236 e. The lowest BCUT2D eigenvalue weighted by molar-refractivity contribution is -0.132. The Hall–Kier alpha value is -2.54. The first-order valence-corrected chi connectivity index (χ1v) is 10.8. The Balaban J connectivity index is 1.86. The number of hydrogen-bond acceptors (Lipinski definition) is 6. The molecule has 1 spiro atoms. The molecule has 2 heterocycles. The van der Waals surface area contributed by atoms with E-state index in [0.717, 1.165) is 0 Å². The van der Waals surface area contributed by atoms with Crippen LogP contribution in [0.3, 0.4) is 0 Å². The predicted octanol–water partition coefficient (Wildman–Crippen LogP) is 3.72. The van der Waals surface area contributed by atoms with Gasteiger partial charge in [0.15, 0.2) is 5.75 Å². The molecule has 8 heteroatoms. The lowest BCUT2D eigenvalue weighted by Gasteiger charge is -2.42. The summed E-state index contributed by atoms with van der Waals surface area (Å²) in [5.41, 5.74) is -0.484. The van der Waals surface area contributed by atoms with E-state index in [9.17, 15) is 14.4 Å². The van der Waals surface area contributed by atoms with Gasteiger partial charge in [-0.25, -0.2) is 0 Å². The molecule has 0 unspecified atom stereocenters. The van der Waals surface area contributed by atoms with Crippen LogP contribution in [-0.2, 0) is 9.59 Å². The lowest BCUT2D eigenvalue weighted by atomic mass is 9.66. The van der Waals surface area contributed by atoms with Gasteiger partial charge in [-0.3, -0.25) is 14.4 Å². The highest BCUT2D eigenvalue weighted by molar-refractivity contribution is 6.36. The second kappa shape index (κ2) is 7.55. The van der Waals surface area contributed by atoms with E-state index in [4.69, 9.17) is 25.8 Å². The van der Waals surface area contributed by atoms with Crippen LogP contribution in [0.1, 0.15) is 50.4 Å². The van der Waals surface area contributed by atoms with Crippen molar-refractivity contribution in [3.63, 3.8) is 0 Å². The Morgan fingerprint density at radius 3 is 2.45 bits per heavy atom. The third-order valence-electron chi connectivity index (χ3n) is 6.42. The number of amides is 1. The molecule has 0 saturated heterocycles. The molecule has 0 fully saturated rings. The normalized spacial score (nSPS) is 27.3. The largest absolute Gasteiger partial charge is 0.496 e. The first kappa shape index (κ1) is 21.7. The highest BCUT2D eigenvalue weighted by atomic mass is 35.5. The van der Waals surface area contributed by atoms with Gasteiger partial charge in [0, 0.05) is 29.7 Å².